The smallest absolute Gasteiger partial charge is 0.416 e. The predicted molar refractivity (Wildman–Crippen MR) is 225 cm³/mol. The van der Waals surface area contributed by atoms with Gasteiger partial charge in [-0.2, -0.15) is 13.2 Å². The van der Waals surface area contributed by atoms with Gasteiger partial charge >= 0.3 is 6.18 Å². The summed E-state index contributed by atoms with van der Waals surface area (Å²) in [6.07, 6.45) is 3.26. The van der Waals surface area contributed by atoms with Crippen molar-refractivity contribution in [2.24, 2.45) is 0 Å². The van der Waals surface area contributed by atoms with Crippen LogP contribution >= 0.6 is 23.5 Å². The summed E-state index contributed by atoms with van der Waals surface area (Å²) < 4.78 is 47.8. The molecule has 300 valence electrons. The molecule has 0 aliphatic carbocycles. The third kappa shape index (κ3) is 9.51. The molecule has 2 aliphatic rings. The van der Waals surface area contributed by atoms with Gasteiger partial charge in [0.25, 0.3) is 22.3 Å². The molecule has 2 fully saturated rings. The van der Waals surface area contributed by atoms with Crippen LogP contribution in [0.3, 0.4) is 0 Å². The Balaban J connectivity index is 0.000000168. The minimum atomic E-state index is -4.37. The molecule has 60 heavy (non-hydrogen) atoms. The van der Waals surface area contributed by atoms with E-state index in [4.69, 9.17) is 4.74 Å². The van der Waals surface area contributed by atoms with E-state index in [0.717, 1.165) is 82.2 Å². The predicted octanol–water partition coefficient (Wildman–Crippen LogP) is 9.82. The van der Waals surface area contributed by atoms with Crippen molar-refractivity contribution in [1.29, 1.82) is 0 Å². The average molecular weight is 845 g/mol. The van der Waals surface area contributed by atoms with Crippen LogP contribution in [0.4, 0.5) is 22.8 Å². The number of hydrogen-bond donors (Lipinski definition) is 2. The molecule has 11 nitrogen and oxygen atoms in total. The maximum Gasteiger partial charge on any atom is 0.416 e. The molecule has 0 unspecified atom stereocenters. The van der Waals surface area contributed by atoms with Gasteiger partial charge in [0.15, 0.2) is 0 Å². The lowest BCUT2D eigenvalue weighted by atomic mass is 10.1. The van der Waals surface area contributed by atoms with Crippen molar-refractivity contribution in [2.45, 2.75) is 25.7 Å². The van der Waals surface area contributed by atoms with Gasteiger partial charge in [-0.25, -0.2) is 9.97 Å². The van der Waals surface area contributed by atoms with Crippen molar-refractivity contribution in [3.63, 3.8) is 0 Å². The van der Waals surface area contributed by atoms with Crippen molar-refractivity contribution in [2.75, 3.05) is 0 Å². The van der Waals surface area contributed by atoms with Crippen LogP contribution in [0.15, 0.2) is 138 Å². The molecule has 0 saturated carbocycles. The number of fused-ring (bicyclic) bond motifs is 2. The van der Waals surface area contributed by atoms with Gasteiger partial charge in [0.05, 0.1) is 50.1 Å². The van der Waals surface area contributed by atoms with Gasteiger partial charge in [0.1, 0.15) is 11.5 Å². The van der Waals surface area contributed by atoms with E-state index in [2.05, 4.69) is 37.3 Å². The van der Waals surface area contributed by atoms with Crippen LogP contribution < -0.4 is 15.4 Å². The summed E-state index contributed by atoms with van der Waals surface area (Å²) in [6, 6.07) is 34.0. The molecule has 4 amide bonds. The van der Waals surface area contributed by atoms with Crippen molar-refractivity contribution in [1.82, 2.24) is 29.7 Å². The molecule has 0 atom stereocenters. The van der Waals surface area contributed by atoms with E-state index in [1.54, 1.807) is 30.6 Å². The second-order valence-corrected chi connectivity index (χ2v) is 15.5. The molecule has 16 heteroatoms. The number of carbonyl (C=O) groups is 4. The molecule has 2 N–H and O–H groups in total. The number of carbonyl (C=O) groups excluding carboxylic acids is 4. The molecule has 9 rings (SSSR count). The van der Waals surface area contributed by atoms with E-state index in [-0.39, 0.29) is 11.1 Å². The van der Waals surface area contributed by atoms with Crippen LogP contribution in [0.25, 0.3) is 34.2 Å². The first-order valence-corrected chi connectivity index (χ1v) is 19.9. The van der Waals surface area contributed by atoms with Gasteiger partial charge in [-0.3, -0.25) is 29.8 Å². The van der Waals surface area contributed by atoms with Gasteiger partial charge in [-0.05, 0) is 125 Å². The summed E-state index contributed by atoms with van der Waals surface area (Å²) in [5.74, 6) is 0.827. The molecule has 0 radical (unpaired) electrons. The summed E-state index contributed by atoms with van der Waals surface area (Å²) in [5, 5.41) is 3.72. The highest BCUT2D eigenvalue weighted by atomic mass is 32.2. The third-order valence-corrected chi connectivity index (χ3v) is 11.0. The van der Waals surface area contributed by atoms with Crippen LogP contribution in [-0.2, 0) is 35.3 Å². The fourth-order valence-electron chi connectivity index (χ4n) is 6.37. The second-order valence-electron chi connectivity index (χ2n) is 13.5. The number of amides is 4. The Morgan fingerprint density at radius 1 is 0.617 bits per heavy atom. The number of aromatic nitrogens is 4. The van der Waals surface area contributed by atoms with Gasteiger partial charge in [0, 0.05) is 13.1 Å². The average Bonchev–Trinajstić information content (AvgIpc) is 3.99. The topological polar surface area (TPSA) is 137 Å². The molecular weight excluding hydrogens is 814 g/mol. The van der Waals surface area contributed by atoms with Gasteiger partial charge in [-0.15, -0.1) is 0 Å². The Hall–Kier alpha value is -6.91. The van der Waals surface area contributed by atoms with E-state index in [0.29, 0.717) is 33.0 Å². The van der Waals surface area contributed by atoms with Crippen molar-refractivity contribution < 1.29 is 37.1 Å². The summed E-state index contributed by atoms with van der Waals surface area (Å²) in [7, 11) is 0. The normalized spacial score (nSPS) is 15.4. The fraction of sp³-hybridized carbons (Fsp3) is 0.0909. The van der Waals surface area contributed by atoms with Crippen molar-refractivity contribution in [3.8, 4) is 11.5 Å². The number of alkyl halides is 3. The minimum absolute atomic E-state index is 0.304. The number of nitrogens with one attached hydrogen (secondary N) is 2. The summed E-state index contributed by atoms with van der Waals surface area (Å²) in [4.78, 5) is 55.6. The Bertz CT molecular complexity index is 2840. The van der Waals surface area contributed by atoms with Crippen LogP contribution in [0.5, 0.6) is 11.5 Å². The van der Waals surface area contributed by atoms with E-state index >= 15 is 0 Å². The maximum absolute atomic E-state index is 12.7. The largest absolute Gasteiger partial charge is 0.457 e. The van der Waals surface area contributed by atoms with Crippen molar-refractivity contribution in [3.05, 3.63) is 166 Å². The molecular formula is C44H31F3N6O5S2. The zero-order valence-electron chi connectivity index (χ0n) is 31.2. The highest BCUT2D eigenvalue weighted by Gasteiger charge is 2.30. The Morgan fingerprint density at radius 2 is 1.13 bits per heavy atom. The Labute approximate surface area is 348 Å². The molecule has 7 aromatic rings. The van der Waals surface area contributed by atoms with Gasteiger partial charge < -0.3 is 13.9 Å². The zero-order chi connectivity index (χ0) is 41.8. The first-order chi connectivity index (χ1) is 28.9. The molecule has 4 heterocycles. The SMILES string of the molecule is O=C1NC(=O)C(=Cc2ccc3ncn(CCc4ccc(Oc5ccccc5)cc4)c3c2)S1.O=C1NC(=O)C(=Cc2ccc3ncn(Cc4ccc(C(F)(F)F)cc4)c3c2)S1. The summed E-state index contributed by atoms with van der Waals surface area (Å²) >= 11 is 1.75. The van der Waals surface area contributed by atoms with Crippen LogP contribution in [-0.4, -0.2) is 41.4 Å². The molecule has 2 saturated heterocycles. The first-order valence-electron chi connectivity index (χ1n) is 18.3. The lowest BCUT2D eigenvalue weighted by Crippen LogP contribution is -2.17. The number of nitrogens with zero attached hydrogens (tertiary/aromatic N) is 4. The number of aryl methyl sites for hydroxylation is 2. The number of para-hydroxylation sites is 1. The monoisotopic (exact) mass is 844 g/mol. The number of benzene rings is 5. The molecule has 2 aliphatic heterocycles. The highest BCUT2D eigenvalue weighted by Crippen LogP contribution is 2.31. The minimum Gasteiger partial charge on any atom is -0.457 e. The van der Waals surface area contributed by atoms with Crippen LogP contribution in [0.2, 0.25) is 0 Å². The maximum atomic E-state index is 12.7. The van der Waals surface area contributed by atoms with E-state index in [1.165, 1.54) is 17.7 Å². The quantitative estimate of drug-likeness (QED) is 0.136. The number of halogens is 3. The van der Waals surface area contributed by atoms with Crippen LogP contribution in [0.1, 0.15) is 27.8 Å². The highest BCUT2D eigenvalue weighted by molar-refractivity contribution is 8.18. The zero-order valence-corrected chi connectivity index (χ0v) is 32.8. The molecule has 5 aromatic carbocycles. The summed E-state index contributed by atoms with van der Waals surface area (Å²) in [5.41, 5.74) is 6.13. The molecule has 2 aromatic heterocycles. The van der Waals surface area contributed by atoms with Crippen LogP contribution in [0, 0.1) is 0 Å². The van der Waals surface area contributed by atoms with E-state index in [9.17, 15) is 32.3 Å². The molecule has 0 spiro atoms. The number of thioether (sulfide) groups is 2. The second kappa shape index (κ2) is 17.1. The number of rotatable bonds is 9. The summed E-state index contributed by atoms with van der Waals surface area (Å²) in [6.45, 7) is 1.12. The Kier molecular flexibility index (Phi) is 11.4. The van der Waals surface area contributed by atoms with Gasteiger partial charge in [-0.1, -0.05) is 54.6 Å². The fourth-order valence-corrected chi connectivity index (χ4v) is 7.73. The lowest BCUT2D eigenvalue weighted by Gasteiger charge is -2.09. The number of imidazole rings is 2. The van der Waals surface area contributed by atoms with Crippen molar-refractivity contribution >= 4 is 80.0 Å². The number of ether oxygens (including phenoxy) is 1. The molecule has 0 bridgehead atoms. The number of imide groups is 2. The Morgan fingerprint density at radius 3 is 1.67 bits per heavy atom. The first kappa shape index (κ1) is 39.9. The standard InChI is InChI=1S/C25H19N3O3S.C19H12F3N3O2S/c29-24-23(32-25(30)27-24)15-18-8-11-21-22(14-18)28(16-26-21)13-12-17-6-9-20(10-7-17)31-19-4-2-1-3-5-19;20-19(21,22)13-4-1-11(2-5-13)9-25-10-23-14-6-3-12(7-15(14)25)8-16-17(26)24-18(27)28-16/h1-11,14-16H,12-13H2,(H,27,29,30);1-8,10H,9H2,(H,24,26,27). The van der Waals surface area contributed by atoms with E-state index in [1.807, 2.05) is 77.6 Å². The van der Waals surface area contributed by atoms with Gasteiger partial charge in [0.2, 0.25) is 0 Å². The lowest BCUT2D eigenvalue weighted by molar-refractivity contribution is -0.137. The van der Waals surface area contributed by atoms with E-state index < -0.39 is 22.9 Å². The number of hydrogen-bond acceptors (Lipinski definition) is 9. The third-order valence-electron chi connectivity index (χ3n) is 9.35.